The smallest absolute Gasteiger partial charge is 0.305 e. The highest BCUT2D eigenvalue weighted by Gasteiger charge is 2.46. The average molecular weight is 248 g/mol. The van der Waals surface area contributed by atoms with Gasteiger partial charge in [0, 0.05) is 28.3 Å². The third kappa shape index (κ3) is 3.16. The zero-order valence-electron chi connectivity index (χ0n) is 10.8. The zero-order chi connectivity index (χ0) is 13.0. The van der Waals surface area contributed by atoms with E-state index >= 15 is 0 Å². The number of hydrogen-bond donors (Lipinski definition) is 0. The minimum atomic E-state index is -0.774. The van der Waals surface area contributed by atoms with Crippen LogP contribution >= 0.6 is 0 Å². The molecule has 1 rings (SSSR count). The predicted octanol–water partition coefficient (Wildman–Crippen LogP) is 0.339. The molecule has 1 aliphatic rings. The summed E-state index contributed by atoms with van der Waals surface area (Å²) in [4.78, 5) is 11.0. The quantitative estimate of drug-likeness (QED) is 0.668. The van der Waals surface area contributed by atoms with Gasteiger partial charge in [0.15, 0.2) is 0 Å². The van der Waals surface area contributed by atoms with E-state index in [9.17, 15) is 4.79 Å². The summed E-state index contributed by atoms with van der Waals surface area (Å²) in [5.41, 5.74) is 0. The van der Waals surface area contributed by atoms with Gasteiger partial charge in [0.25, 0.3) is 0 Å². The molecular formula is C11H20O6. The Balaban J connectivity index is 2.84. The van der Waals surface area contributed by atoms with Gasteiger partial charge in [-0.3, -0.25) is 4.79 Å². The maximum Gasteiger partial charge on any atom is 0.305 e. The van der Waals surface area contributed by atoms with Crippen LogP contribution in [0.25, 0.3) is 0 Å². The van der Waals surface area contributed by atoms with Gasteiger partial charge in [0.2, 0.25) is 6.29 Å². The summed E-state index contributed by atoms with van der Waals surface area (Å²) in [6, 6.07) is 0. The molecule has 0 radical (unpaired) electrons. The Morgan fingerprint density at radius 1 is 1.00 bits per heavy atom. The molecule has 0 saturated carbocycles. The summed E-state index contributed by atoms with van der Waals surface area (Å²) in [6.07, 6.45) is -2.15. The summed E-state index contributed by atoms with van der Waals surface area (Å²) in [6.45, 7) is 3.16. The van der Waals surface area contributed by atoms with Gasteiger partial charge in [-0.2, -0.15) is 0 Å². The van der Waals surface area contributed by atoms with Crippen molar-refractivity contribution in [3.05, 3.63) is 0 Å². The van der Waals surface area contributed by atoms with Gasteiger partial charge in [-0.25, -0.2) is 0 Å². The van der Waals surface area contributed by atoms with Crippen molar-refractivity contribution >= 4 is 5.97 Å². The summed E-state index contributed by atoms with van der Waals surface area (Å²) < 4.78 is 26.6. The molecule has 0 aromatic rings. The van der Waals surface area contributed by atoms with Crippen LogP contribution in [-0.2, 0) is 28.5 Å². The molecule has 0 aliphatic carbocycles. The Morgan fingerprint density at radius 2 is 1.53 bits per heavy atom. The van der Waals surface area contributed by atoms with Crippen molar-refractivity contribution in [2.24, 2.45) is 0 Å². The van der Waals surface area contributed by atoms with Crippen LogP contribution < -0.4 is 0 Å². The Bertz CT molecular complexity index is 256. The SMILES string of the molecule is CO[C@@H]1[C@@H](OC)[C@H](C)O[C@@H](OC(C)=O)[C@@H]1OC. The van der Waals surface area contributed by atoms with Crippen LogP contribution in [0.3, 0.4) is 0 Å². The molecule has 1 aliphatic heterocycles. The highest BCUT2D eigenvalue weighted by atomic mass is 16.7. The summed E-state index contributed by atoms with van der Waals surface area (Å²) in [5, 5.41) is 0. The van der Waals surface area contributed by atoms with E-state index in [1.165, 1.54) is 14.0 Å². The first-order chi connectivity index (χ1) is 8.04. The molecule has 0 aromatic heterocycles. The second-order valence-electron chi connectivity index (χ2n) is 3.92. The molecule has 1 heterocycles. The Labute approximate surface area is 101 Å². The van der Waals surface area contributed by atoms with E-state index in [1.54, 1.807) is 14.2 Å². The zero-order valence-corrected chi connectivity index (χ0v) is 10.8. The van der Waals surface area contributed by atoms with Crippen molar-refractivity contribution in [2.45, 2.75) is 44.6 Å². The van der Waals surface area contributed by atoms with E-state index < -0.39 is 18.4 Å². The molecule has 0 unspecified atom stereocenters. The van der Waals surface area contributed by atoms with E-state index in [-0.39, 0.29) is 18.3 Å². The largest absolute Gasteiger partial charge is 0.433 e. The maximum absolute atomic E-state index is 11.0. The Morgan fingerprint density at radius 3 is 1.94 bits per heavy atom. The van der Waals surface area contributed by atoms with Crippen LogP contribution in [0, 0.1) is 0 Å². The standard InChI is InChI=1S/C11H20O6/c1-6-8(13-3)9(14-4)10(15-5)11(16-6)17-7(2)12/h6,8-11H,1-5H3/t6-,8-,9+,10+,11-/m0/s1. The monoisotopic (exact) mass is 248 g/mol. The van der Waals surface area contributed by atoms with Crippen molar-refractivity contribution in [3.63, 3.8) is 0 Å². The lowest BCUT2D eigenvalue weighted by atomic mass is 9.99. The van der Waals surface area contributed by atoms with Gasteiger partial charge in [-0.15, -0.1) is 0 Å². The highest BCUT2D eigenvalue weighted by molar-refractivity contribution is 5.66. The summed E-state index contributed by atoms with van der Waals surface area (Å²) in [7, 11) is 4.65. The van der Waals surface area contributed by atoms with Crippen LogP contribution in [0.15, 0.2) is 0 Å². The first-order valence-corrected chi connectivity index (χ1v) is 5.46. The van der Waals surface area contributed by atoms with Gasteiger partial charge < -0.3 is 23.7 Å². The van der Waals surface area contributed by atoms with E-state index in [0.717, 1.165) is 0 Å². The van der Waals surface area contributed by atoms with E-state index in [2.05, 4.69) is 0 Å². The van der Waals surface area contributed by atoms with Crippen LogP contribution in [0.2, 0.25) is 0 Å². The van der Waals surface area contributed by atoms with Crippen LogP contribution in [-0.4, -0.2) is 58.0 Å². The Kier molecular flexibility index (Phi) is 5.32. The fourth-order valence-electron chi connectivity index (χ4n) is 2.07. The molecule has 17 heavy (non-hydrogen) atoms. The lowest BCUT2D eigenvalue weighted by molar-refractivity contribution is -0.296. The first-order valence-electron chi connectivity index (χ1n) is 5.46. The fraction of sp³-hybridized carbons (Fsp3) is 0.909. The van der Waals surface area contributed by atoms with Gasteiger partial charge in [-0.1, -0.05) is 0 Å². The van der Waals surface area contributed by atoms with Crippen molar-refractivity contribution in [3.8, 4) is 0 Å². The second-order valence-corrected chi connectivity index (χ2v) is 3.92. The molecule has 1 saturated heterocycles. The van der Waals surface area contributed by atoms with Crippen molar-refractivity contribution in [1.82, 2.24) is 0 Å². The third-order valence-electron chi connectivity index (χ3n) is 2.83. The molecule has 0 N–H and O–H groups in total. The van der Waals surface area contributed by atoms with E-state index in [1.807, 2.05) is 6.92 Å². The first kappa shape index (κ1) is 14.4. The van der Waals surface area contributed by atoms with Crippen LogP contribution in [0.5, 0.6) is 0 Å². The number of rotatable bonds is 4. The normalized spacial score (nSPS) is 37.8. The lowest BCUT2D eigenvalue weighted by Gasteiger charge is -2.43. The van der Waals surface area contributed by atoms with E-state index in [4.69, 9.17) is 23.7 Å². The van der Waals surface area contributed by atoms with Crippen molar-refractivity contribution < 1.29 is 28.5 Å². The molecule has 100 valence electrons. The topological polar surface area (TPSA) is 63.2 Å². The number of ether oxygens (including phenoxy) is 5. The average Bonchev–Trinajstić information content (AvgIpc) is 2.27. The second kappa shape index (κ2) is 6.30. The molecule has 0 bridgehead atoms. The lowest BCUT2D eigenvalue weighted by Crippen LogP contribution is -2.59. The number of carbonyl (C=O) groups is 1. The van der Waals surface area contributed by atoms with Gasteiger partial charge in [0.05, 0.1) is 6.10 Å². The number of esters is 1. The number of methoxy groups -OCH3 is 3. The molecule has 1 fully saturated rings. The minimum Gasteiger partial charge on any atom is -0.433 e. The number of hydrogen-bond acceptors (Lipinski definition) is 6. The van der Waals surface area contributed by atoms with Crippen LogP contribution in [0.4, 0.5) is 0 Å². The van der Waals surface area contributed by atoms with Gasteiger partial charge in [-0.05, 0) is 6.92 Å². The Hall–Kier alpha value is -0.690. The van der Waals surface area contributed by atoms with Crippen molar-refractivity contribution in [1.29, 1.82) is 0 Å². The maximum atomic E-state index is 11.0. The van der Waals surface area contributed by atoms with Gasteiger partial charge in [0.1, 0.15) is 18.3 Å². The third-order valence-corrected chi connectivity index (χ3v) is 2.83. The molecule has 0 spiro atoms. The molecular weight excluding hydrogens is 228 g/mol. The minimum absolute atomic E-state index is 0.249. The summed E-state index contributed by atoms with van der Waals surface area (Å²) in [5.74, 6) is -0.421. The molecule has 0 amide bonds. The summed E-state index contributed by atoms with van der Waals surface area (Å²) >= 11 is 0. The van der Waals surface area contributed by atoms with Crippen molar-refractivity contribution in [2.75, 3.05) is 21.3 Å². The molecule has 5 atom stereocenters. The van der Waals surface area contributed by atoms with Crippen LogP contribution in [0.1, 0.15) is 13.8 Å². The van der Waals surface area contributed by atoms with Gasteiger partial charge >= 0.3 is 5.97 Å². The highest BCUT2D eigenvalue weighted by Crippen LogP contribution is 2.27. The predicted molar refractivity (Wildman–Crippen MR) is 58.5 cm³/mol. The molecule has 0 aromatic carbocycles. The fourth-order valence-corrected chi connectivity index (χ4v) is 2.07. The molecule has 6 heteroatoms. The van der Waals surface area contributed by atoms with E-state index in [0.29, 0.717) is 0 Å². The number of carbonyl (C=O) groups excluding carboxylic acids is 1. The molecule has 6 nitrogen and oxygen atoms in total.